The molecule has 1 fully saturated rings. The molecule has 0 nitrogen and oxygen atoms in total. The fourth-order valence-electron chi connectivity index (χ4n) is 7.99. The SMILES string of the molecule is CC(C)c1cc(/[C](C2CCCC2)=[Hf](/[C]2=CC=CC2)[CH]2c3cc(C(C)(C)C)ccc3-c3ccc(C(C)(C)C)cc32)cc(C(C)C)c1.Cl.Cl. The normalized spacial score (nSPS) is 17.0. The molecule has 3 aliphatic rings. The maximum atomic E-state index is 2.65. The van der Waals surface area contributed by atoms with Crippen LogP contribution in [0.4, 0.5) is 0 Å². The predicted molar refractivity (Wildman–Crippen MR) is 208 cm³/mol. The minimum Gasteiger partial charge on any atom is -0.147 e. The summed E-state index contributed by atoms with van der Waals surface area (Å²) in [5.41, 5.74) is 14.1. The third-order valence-electron chi connectivity index (χ3n) is 10.8. The largest absolute Gasteiger partial charge is 0.147 e. The third kappa shape index (κ3) is 7.64. The van der Waals surface area contributed by atoms with Gasteiger partial charge in [-0.3, -0.25) is 0 Å². The maximum absolute atomic E-state index is 2.86. The average molecular weight is 836 g/mol. The van der Waals surface area contributed by atoms with Gasteiger partial charge in [0.05, 0.1) is 0 Å². The van der Waals surface area contributed by atoms with Crippen LogP contribution in [0.5, 0.6) is 0 Å². The molecular formula is C44H58Cl2Hf. The second-order valence-electron chi connectivity index (χ2n) is 16.9. The number of allylic oxidation sites excluding steroid dienone is 4. The van der Waals surface area contributed by atoms with Crippen molar-refractivity contribution in [2.45, 2.75) is 128 Å². The molecule has 0 atom stereocenters. The summed E-state index contributed by atoms with van der Waals surface area (Å²) in [6, 6.07) is 22.9. The van der Waals surface area contributed by atoms with Crippen LogP contribution < -0.4 is 0 Å². The van der Waals surface area contributed by atoms with Crippen molar-refractivity contribution < 1.29 is 21.0 Å². The first-order valence-corrected chi connectivity index (χ1v) is 23.5. The summed E-state index contributed by atoms with van der Waals surface area (Å²) in [4.78, 5) is 0. The van der Waals surface area contributed by atoms with Crippen molar-refractivity contribution >= 4 is 28.1 Å². The summed E-state index contributed by atoms with van der Waals surface area (Å²) < 4.78 is 4.27. The van der Waals surface area contributed by atoms with E-state index in [-0.39, 0.29) is 35.6 Å². The van der Waals surface area contributed by atoms with Crippen LogP contribution in [0, 0.1) is 5.92 Å². The van der Waals surface area contributed by atoms with Crippen LogP contribution >= 0.6 is 24.8 Å². The fraction of sp³-hybridized carbons (Fsp3) is 0.477. The van der Waals surface area contributed by atoms with Gasteiger partial charge in [0.15, 0.2) is 0 Å². The monoisotopic (exact) mass is 836 g/mol. The van der Waals surface area contributed by atoms with E-state index in [4.69, 9.17) is 0 Å². The number of hydrogen-bond donors (Lipinski definition) is 0. The van der Waals surface area contributed by atoms with Gasteiger partial charge >= 0.3 is 284 Å². The van der Waals surface area contributed by atoms with Crippen LogP contribution in [-0.2, 0) is 31.8 Å². The Morgan fingerprint density at radius 3 is 1.57 bits per heavy atom. The van der Waals surface area contributed by atoms with E-state index < -0.39 is 21.0 Å². The van der Waals surface area contributed by atoms with Crippen LogP contribution in [-0.4, -0.2) is 3.26 Å². The third-order valence-corrected chi connectivity index (χ3v) is 23.5. The zero-order valence-corrected chi connectivity index (χ0v) is 35.8. The number of rotatable bonds is 6. The van der Waals surface area contributed by atoms with Crippen molar-refractivity contribution in [2.75, 3.05) is 0 Å². The standard InChI is InChI=1S/C21H25.C18H26.C5H5.2ClH.Hf/c1-20(2,3)16-7-9-18-14(12-16)11-15-13-17(21(4,5)6)8-10-19(15)18;1-13(2)17-10-16(9-15-7-5-6-8-15)11-18(12-17)14(3)4;1-2-4-5-3-1;;;/h7-13H,1-6H3;10-15H,5-8H2,1-4H3;1-3H,4H2;2*1H;. The second-order valence-corrected chi connectivity index (χ2v) is 26.2. The fourth-order valence-corrected chi connectivity index (χ4v) is 22.1. The molecule has 6 rings (SSSR count). The molecule has 0 saturated heterocycles. The molecule has 0 spiro atoms. The summed E-state index contributed by atoms with van der Waals surface area (Å²) in [5.74, 6) is 1.79. The molecule has 0 aliphatic heterocycles. The Hall–Kier alpha value is -1.54. The average Bonchev–Trinajstić information content (AvgIpc) is 3.75. The van der Waals surface area contributed by atoms with E-state index >= 15 is 0 Å². The van der Waals surface area contributed by atoms with Gasteiger partial charge in [-0.15, -0.1) is 24.8 Å². The van der Waals surface area contributed by atoms with Crippen LogP contribution in [0.25, 0.3) is 11.1 Å². The molecule has 252 valence electrons. The zero-order chi connectivity index (χ0) is 32.3. The Morgan fingerprint density at radius 2 is 1.17 bits per heavy atom. The number of benzene rings is 3. The van der Waals surface area contributed by atoms with Gasteiger partial charge in [0.1, 0.15) is 0 Å². The van der Waals surface area contributed by atoms with Crippen molar-refractivity contribution in [3.63, 3.8) is 0 Å². The van der Waals surface area contributed by atoms with E-state index in [0.29, 0.717) is 15.5 Å². The van der Waals surface area contributed by atoms with Crippen molar-refractivity contribution in [1.29, 1.82) is 0 Å². The number of halogens is 2. The predicted octanol–water partition coefficient (Wildman–Crippen LogP) is 13.3. The molecule has 3 aliphatic carbocycles. The molecule has 0 radical (unpaired) electrons. The molecule has 0 aromatic heterocycles. The van der Waals surface area contributed by atoms with Gasteiger partial charge in [-0.2, -0.15) is 0 Å². The Labute approximate surface area is 306 Å². The van der Waals surface area contributed by atoms with E-state index in [1.807, 2.05) is 6.58 Å². The number of fused-ring (bicyclic) bond motifs is 3. The smallest absolute Gasteiger partial charge is 0.147 e. The summed E-state index contributed by atoms with van der Waals surface area (Å²) >= 11 is -2.86. The van der Waals surface area contributed by atoms with Crippen molar-refractivity contribution in [3.8, 4) is 11.1 Å². The summed E-state index contributed by atoms with van der Waals surface area (Å²) in [5, 5.41) is 0. The number of hydrogen-bond acceptors (Lipinski definition) is 0. The Morgan fingerprint density at radius 1 is 0.681 bits per heavy atom. The Bertz CT molecular complexity index is 1610. The zero-order valence-electron chi connectivity index (χ0n) is 30.6. The van der Waals surface area contributed by atoms with Gasteiger partial charge in [-0.05, 0) is 0 Å². The van der Waals surface area contributed by atoms with E-state index in [1.165, 1.54) is 59.1 Å². The first-order valence-electron chi connectivity index (χ1n) is 17.8. The molecule has 3 aromatic rings. The van der Waals surface area contributed by atoms with E-state index in [9.17, 15) is 0 Å². The van der Waals surface area contributed by atoms with Crippen molar-refractivity contribution in [3.05, 3.63) is 115 Å². The first kappa shape index (κ1) is 38.3. The molecule has 0 amide bonds. The molecule has 3 heteroatoms. The van der Waals surface area contributed by atoms with E-state index in [0.717, 1.165) is 12.3 Å². The summed E-state index contributed by atoms with van der Waals surface area (Å²) in [6.45, 7) is 23.8. The minimum absolute atomic E-state index is 0. The quantitative estimate of drug-likeness (QED) is 0.217. The molecule has 0 unspecified atom stereocenters. The van der Waals surface area contributed by atoms with Gasteiger partial charge in [0.2, 0.25) is 0 Å². The Kier molecular flexibility index (Phi) is 12.0. The molecule has 0 heterocycles. The van der Waals surface area contributed by atoms with Crippen LogP contribution in [0.3, 0.4) is 0 Å². The van der Waals surface area contributed by atoms with Crippen molar-refractivity contribution in [2.24, 2.45) is 5.92 Å². The van der Waals surface area contributed by atoms with Gasteiger partial charge in [-0.25, -0.2) is 0 Å². The van der Waals surface area contributed by atoms with Gasteiger partial charge in [0, 0.05) is 0 Å². The van der Waals surface area contributed by atoms with Gasteiger partial charge in [0.25, 0.3) is 0 Å². The summed E-state index contributed by atoms with van der Waals surface area (Å²) in [7, 11) is 0. The molecule has 47 heavy (non-hydrogen) atoms. The van der Waals surface area contributed by atoms with Crippen LogP contribution in [0.1, 0.15) is 156 Å². The van der Waals surface area contributed by atoms with Crippen LogP contribution in [0.15, 0.2) is 76.2 Å². The maximum Gasteiger partial charge on any atom is -0.147 e. The topological polar surface area (TPSA) is 0 Å². The van der Waals surface area contributed by atoms with Gasteiger partial charge in [-0.1, -0.05) is 0 Å². The van der Waals surface area contributed by atoms with E-state index in [1.54, 1.807) is 16.7 Å². The molecular weight excluding hydrogens is 778 g/mol. The first-order chi connectivity index (χ1) is 21.2. The molecule has 3 aromatic carbocycles. The van der Waals surface area contributed by atoms with E-state index in [2.05, 4.69) is 142 Å². The summed E-state index contributed by atoms with van der Waals surface area (Å²) in [6.07, 6.45) is 14.0. The minimum atomic E-state index is -2.86. The van der Waals surface area contributed by atoms with Crippen molar-refractivity contribution in [1.82, 2.24) is 0 Å². The van der Waals surface area contributed by atoms with Crippen LogP contribution in [0.2, 0.25) is 0 Å². The molecule has 0 N–H and O–H groups in total. The molecule has 1 saturated carbocycles. The molecule has 0 bridgehead atoms. The Balaban J connectivity index is 0.00000250. The van der Waals surface area contributed by atoms with Gasteiger partial charge < -0.3 is 0 Å². The second kappa shape index (κ2) is 14.7.